The van der Waals surface area contributed by atoms with E-state index in [1.165, 1.54) is 18.2 Å². The molecule has 1 aliphatic rings. The summed E-state index contributed by atoms with van der Waals surface area (Å²) in [5, 5.41) is 9.94. The van der Waals surface area contributed by atoms with E-state index >= 15 is 0 Å². The van der Waals surface area contributed by atoms with Gasteiger partial charge < -0.3 is 16.6 Å². The maximum absolute atomic E-state index is 10.9. The fourth-order valence-electron chi connectivity index (χ4n) is 1.40. The van der Waals surface area contributed by atoms with Crippen LogP contribution < -0.4 is 11.5 Å². The maximum atomic E-state index is 10.9. The number of nitrogens with two attached hydrogens (primary N) is 2. The Hall–Kier alpha value is -1.35. The summed E-state index contributed by atoms with van der Waals surface area (Å²) in [5.41, 5.74) is 11.7. The molecule has 0 radical (unpaired) electrons. The first-order chi connectivity index (χ1) is 7.32. The SMILES string of the molecule is Nc1ccc(N)c(C2(O)COS(=O)(=O)O2)c1. The lowest BCUT2D eigenvalue weighted by atomic mass is 10.0. The van der Waals surface area contributed by atoms with Crippen LogP contribution in [0, 0.1) is 0 Å². The number of anilines is 2. The molecule has 1 heterocycles. The maximum Gasteiger partial charge on any atom is 0.403 e. The summed E-state index contributed by atoms with van der Waals surface area (Å²) in [4.78, 5) is 0. The van der Waals surface area contributed by atoms with Crippen molar-refractivity contribution in [1.29, 1.82) is 0 Å². The van der Waals surface area contributed by atoms with Crippen molar-refractivity contribution in [2.45, 2.75) is 5.79 Å². The summed E-state index contributed by atoms with van der Waals surface area (Å²) in [7, 11) is -4.18. The van der Waals surface area contributed by atoms with E-state index in [0.29, 0.717) is 5.69 Å². The minimum atomic E-state index is -4.18. The molecule has 0 spiro atoms. The van der Waals surface area contributed by atoms with Gasteiger partial charge in [-0.15, -0.1) is 0 Å². The first-order valence-electron chi connectivity index (χ1n) is 4.30. The molecular weight excluding hydrogens is 236 g/mol. The highest BCUT2D eigenvalue weighted by atomic mass is 32.3. The zero-order chi connectivity index (χ0) is 12.0. The summed E-state index contributed by atoms with van der Waals surface area (Å²) in [6.45, 7) is -0.553. The van der Waals surface area contributed by atoms with Gasteiger partial charge in [-0.2, -0.15) is 8.42 Å². The lowest BCUT2D eigenvalue weighted by Crippen LogP contribution is -2.29. The van der Waals surface area contributed by atoms with Crippen molar-refractivity contribution < 1.29 is 21.9 Å². The van der Waals surface area contributed by atoms with Gasteiger partial charge in [0.15, 0.2) is 0 Å². The number of hydrogen-bond donors (Lipinski definition) is 3. The average Bonchev–Trinajstić information content (AvgIpc) is 2.46. The van der Waals surface area contributed by atoms with Gasteiger partial charge in [-0.3, -0.25) is 0 Å². The van der Waals surface area contributed by atoms with E-state index in [1.54, 1.807) is 0 Å². The molecule has 7 nitrogen and oxygen atoms in total. The third-order valence-electron chi connectivity index (χ3n) is 2.14. The highest BCUT2D eigenvalue weighted by Crippen LogP contribution is 2.36. The number of aliphatic hydroxyl groups is 1. The average molecular weight is 246 g/mol. The Labute approximate surface area is 91.9 Å². The van der Waals surface area contributed by atoms with E-state index in [2.05, 4.69) is 8.37 Å². The van der Waals surface area contributed by atoms with Gasteiger partial charge in [0.25, 0.3) is 0 Å². The monoisotopic (exact) mass is 246 g/mol. The van der Waals surface area contributed by atoms with E-state index in [1.807, 2.05) is 0 Å². The Kier molecular flexibility index (Phi) is 2.31. The molecule has 1 unspecified atom stereocenters. The molecule has 5 N–H and O–H groups in total. The minimum absolute atomic E-state index is 0.0635. The van der Waals surface area contributed by atoms with Crippen LogP contribution in [0.2, 0.25) is 0 Å². The standard InChI is InChI=1S/C8H10N2O5S/c9-5-1-2-7(10)6(3-5)8(11)4-14-16(12,13)15-8/h1-3,11H,4,9-10H2. The number of rotatable bonds is 1. The second-order valence-electron chi connectivity index (χ2n) is 3.38. The molecule has 0 bridgehead atoms. The zero-order valence-electron chi connectivity index (χ0n) is 8.08. The molecule has 1 aromatic rings. The quantitative estimate of drug-likeness (QED) is 0.559. The second-order valence-corrected chi connectivity index (χ2v) is 4.60. The lowest BCUT2D eigenvalue weighted by Gasteiger charge is -2.20. The van der Waals surface area contributed by atoms with Crippen LogP contribution in [-0.4, -0.2) is 20.1 Å². The number of benzene rings is 1. The molecule has 0 aromatic heterocycles. The van der Waals surface area contributed by atoms with Gasteiger partial charge in [0.05, 0.1) is 0 Å². The molecule has 0 aliphatic carbocycles. The van der Waals surface area contributed by atoms with Crippen molar-refractivity contribution >= 4 is 21.8 Å². The predicted molar refractivity (Wildman–Crippen MR) is 55.1 cm³/mol. The summed E-state index contributed by atoms with van der Waals surface area (Å²) in [6, 6.07) is 4.29. The van der Waals surface area contributed by atoms with Crippen LogP contribution in [-0.2, 0) is 24.6 Å². The van der Waals surface area contributed by atoms with Gasteiger partial charge in [-0.05, 0) is 18.2 Å². The van der Waals surface area contributed by atoms with Crippen LogP contribution in [0.1, 0.15) is 5.56 Å². The first-order valence-corrected chi connectivity index (χ1v) is 5.64. The van der Waals surface area contributed by atoms with Crippen LogP contribution in [0.3, 0.4) is 0 Å². The Morgan fingerprint density at radius 1 is 1.38 bits per heavy atom. The zero-order valence-corrected chi connectivity index (χ0v) is 8.90. The second kappa shape index (κ2) is 3.32. The Morgan fingerprint density at radius 3 is 2.62 bits per heavy atom. The third-order valence-corrected chi connectivity index (χ3v) is 3.02. The predicted octanol–water partition coefficient (Wildman–Crippen LogP) is -0.712. The third kappa shape index (κ3) is 1.83. The van der Waals surface area contributed by atoms with Crippen molar-refractivity contribution in [2.75, 3.05) is 18.1 Å². The Bertz CT molecular complexity index is 529. The summed E-state index contributed by atoms with van der Waals surface area (Å²) in [6.07, 6.45) is 0. The van der Waals surface area contributed by atoms with Gasteiger partial charge in [0.1, 0.15) is 6.61 Å². The summed E-state index contributed by atoms with van der Waals surface area (Å²) >= 11 is 0. The summed E-state index contributed by atoms with van der Waals surface area (Å²) < 4.78 is 30.6. The first kappa shape index (κ1) is 11.1. The largest absolute Gasteiger partial charge is 0.403 e. The van der Waals surface area contributed by atoms with Crippen molar-refractivity contribution in [3.05, 3.63) is 23.8 Å². The van der Waals surface area contributed by atoms with Crippen LogP contribution >= 0.6 is 0 Å². The Morgan fingerprint density at radius 2 is 2.06 bits per heavy atom. The molecule has 2 rings (SSSR count). The molecule has 1 fully saturated rings. The van der Waals surface area contributed by atoms with Crippen LogP contribution in [0.15, 0.2) is 18.2 Å². The van der Waals surface area contributed by atoms with Crippen molar-refractivity contribution in [3.63, 3.8) is 0 Å². The van der Waals surface area contributed by atoms with E-state index in [0.717, 1.165) is 0 Å². The highest BCUT2D eigenvalue weighted by Gasteiger charge is 2.46. The fraction of sp³-hybridized carbons (Fsp3) is 0.250. The molecular formula is C8H10N2O5S. The minimum Gasteiger partial charge on any atom is -0.399 e. The van der Waals surface area contributed by atoms with Gasteiger partial charge in [-0.25, -0.2) is 8.37 Å². The normalized spacial score (nSPS) is 28.1. The van der Waals surface area contributed by atoms with E-state index in [-0.39, 0.29) is 11.3 Å². The topological polar surface area (TPSA) is 125 Å². The van der Waals surface area contributed by atoms with Crippen LogP contribution in [0.25, 0.3) is 0 Å². The molecule has 1 aliphatic heterocycles. The van der Waals surface area contributed by atoms with Crippen molar-refractivity contribution in [1.82, 2.24) is 0 Å². The van der Waals surface area contributed by atoms with Crippen LogP contribution in [0.4, 0.5) is 11.4 Å². The molecule has 0 saturated carbocycles. The number of hydrogen-bond acceptors (Lipinski definition) is 7. The van der Waals surface area contributed by atoms with Gasteiger partial charge >= 0.3 is 10.4 Å². The molecule has 1 aromatic carbocycles. The van der Waals surface area contributed by atoms with E-state index < -0.39 is 22.8 Å². The van der Waals surface area contributed by atoms with E-state index in [9.17, 15) is 13.5 Å². The smallest absolute Gasteiger partial charge is 0.399 e. The van der Waals surface area contributed by atoms with Gasteiger partial charge in [0.2, 0.25) is 5.79 Å². The molecule has 1 atom stereocenters. The highest BCUT2D eigenvalue weighted by molar-refractivity contribution is 7.82. The molecule has 1 saturated heterocycles. The molecule has 8 heteroatoms. The van der Waals surface area contributed by atoms with Crippen molar-refractivity contribution in [3.8, 4) is 0 Å². The number of nitrogen functional groups attached to an aromatic ring is 2. The fourth-order valence-corrected chi connectivity index (χ4v) is 2.23. The molecule has 88 valence electrons. The molecule has 16 heavy (non-hydrogen) atoms. The molecule has 0 amide bonds. The van der Waals surface area contributed by atoms with Gasteiger partial charge in [-0.1, -0.05) is 0 Å². The van der Waals surface area contributed by atoms with Crippen molar-refractivity contribution in [2.24, 2.45) is 0 Å². The lowest BCUT2D eigenvalue weighted by molar-refractivity contribution is -0.128. The Balaban J connectivity index is 2.49. The van der Waals surface area contributed by atoms with E-state index in [4.69, 9.17) is 11.5 Å². The van der Waals surface area contributed by atoms with Gasteiger partial charge in [0, 0.05) is 16.9 Å². The van der Waals surface area contributed by atoms with Crippen LogP contribution in [0.5, 0.6) is 0 Å². The summed E-state index contributed by atoms with van der Waals surface area (Å²) in [5.74, 6) is -2.11.